The van der Waals surface area contributed by atoms with E-state index in [1.165, 1.54) is 4.85 Å². The van der Waals surface area contributed by atoms with Crippen LogP contribution in [0.3, 0.4) is 0 Å². The van der Waals surface area contributed by atoms with Gasteiger partial charge < -0.3 is 10.2 Å². The van der Waals surface area contributed by atoms with Gasteiger partial charge in [0, 0.05) is 5.54 Å². The van der Waals surface area contributed by atoms with Crippen LogP contribution in [0.2, 0.25) is 0 Å². The Morgan fingerprint density at radius 3 is 2.74 bits per heavy atom. The highest BCUT2D eigenvalue weighted by atomic mass is 16.7. The first kappa shape index (κ1) is 13.3. The van der Waals surface area contributed by atoms with Gasteiger partial charge in [-0.05, 0) is 45.0 Å². The molecule has 0 aliphatic heterocycles. The van der Waals surface area contributed by atoms with Gasteiger partial charge in [0.2, 0.25) is 6.10 Å². The number of amides is 1. The van der Waals surface area contributed by atoms with Gasteiger partial charge in [-0.2, -0.15) is 0 Å². The highest BCUT2D eigenvalue weighted by Gasteiger charge is 2.21. The summed E-state index contributed by atoms with van der Waals surface area (Å²) in [6.07, 6.45) is -0.649. The Labute approximate surface area is 111 Å². The van der Waals surface area contributed by atoms with Gasteiger partial charge in [-0.1, -0.05) is 17.0 Å². The molecule has 0 saturated heterocycles. The van der Waals surface area contributed by atoms with Gasteiger partial charge in [-0.25, -0.2) is 0 Å². The van der Waals surface area contributed by atoms with Gasteiger partial charge in [0.15, 0.2) is 0 Å². The Morgan fingerprint density at radius 2 is 2.05 bits per heavy atom. The summed E-state index contributed by atoms with van der Waals surface area (Å²) in [5.74, 6) is -0.188. The lowest BCUT2D eigenvalue weighted by Gasteiger charge is -2.23. The minimum Gasteiger partial charge on any atom is -0.382 e. The van der Waals surface area contributed by atoms with E-state index in [0.717, 1.165) is 11.0 Å². The second-order valence-corrected chi connectivity index (χ2v) is 5.44. The van der Waals surface area contributed by atoms with Crippen molar-refractivity contribution in [1.82, 2.24) is 20.5 Å². The smallest absolute Gasteiger partial charge is 0.264 e. The Balaban J connectivity index is 2.10. The number of aromatic nitrogens is 3. The maximum Gasteiger partial charge on any atom is 0.264 e. The maximum absolute atomic E-state index is 11.9. The minimum absolute atomic E-state index is 0.188. The molecule has 102 valence electrons. The molecule has 1 atom stereocenters. The molecule has 0 spiro atoms. The van der Waals surface area contributed by atoms with Crippen LogP contribution in [0.4, 0.5) is 0 Å². The summed E-state index contributed by atoms with van der Waals surface area (Å²) in [6.45, 7) is 7.44. The lowest BCUT2D eigenvalue weighted by molar-refractivity contribution is -0.134. The molecule has 0 fully saturated rings. The molecule has 2 rings (SSSR count). The molecule has 0 saturated carbocycles. The summed E-state index contributed by atoms with van der Waals surface area (Å²) in [4.78, 5) is 18.7. The molecule has 0 unspecified atom stereocenters. The van der Waals surface area contributed by atoms with Crippen LogP contribution in [0.1, 0.15) is 27.7 Å². The molecule has 1 N–H and O–H groups in total. The van der Waals surface area contributed by atoms with Crippen LogP contribution >= 0.6 is 0 Å². The van der Waals surface area contributed by atoms with Crippen LogP contribution in [0.25, 0.3) is 11.0 Å². The van der Waals surface area contributed by atoms with E-state index in [4.69, 9.17) is 4.84 Å². The topological polar surface area (TPSA) is 69.0 Å². The zero-order valence-corrected chi connectivity index (χ0v) is 11.5. The Morgan fingerprint density at radius 1 is 1.37 bits per heavy atom. The Kier molecular flexibility index (Phi) is 3.42. The SMILES string of the molecule is C[C@@H](On1nnc2ccccc21)C(=O)NC(C)(C)C. The predicted octanol–water partition coefficient (Wildman–Crippen LogP) is 1.16. The quantitative estimate of drug-likeness (QED) is 0.901. The number of benzene rings is 1. The fourth-order valence-electron chi connectivity index (χ4n) is 1.59. The van der Waals surface area contributed by atoms with Gasteiger partial charge >= 0.3 is 0 Å². The molecule has 1 heterocycles. The van der Waals surface area contributed by atoms with Gasteiger partial charge in [0.1, 0.15) is 11.0 Å². The summed E-state index contributed by atoms with van der Waals surface area (Å²) in [6, 6.07) is 7.41. The fourth-order valence-corrected chi connectivity index (χ4v) is 1.59. The van der Waals surface area contributed by atoms with E-state index < -0.39 is 6.10 Å². The molecule has 6 heteroatoms. The third-order valence-corrected chi connectivity index (χ3v) is 2.45. The standard InChI is InChI=1S/C13H18N4O2/c1-9(12(18)14-13(2,3)4)19-17-11-8-6-5-7-10(11)15-16-17/h5-9H,1-4H3,(H,14,18)/t9-/m1/s1. The fraction of sp³-hybridized carbons (Fsp3) is 0.462. The van der Waals surface area contributed by atoms with E-state index in [-0.39, 0.29) is 11.4 Å². The second-order valence-electron chi connectivity index (χ2n) is 5.44. The Bertz CT molecular complexity index is 586. The molecular formula is C13H18N4O2. The van der Waals surface area contributed by atoms with E-state index >= 15 is 0 Å². The van der Waals surface area contributed by atoms with Crippen molar-refractivity contribution in [3.05, 3.63) is 24.3 Å². The normalized spacial score (nSPS) is 13.3. The number of para-hydroxylation sites is 1. The van der Waals surface area contributed by atoms with Crippen LogP contribution in [-0.4, -0.2) is 32.7 Å². The molecule has 0 bridgehead atoms. The number of hydrogen-bond acceptors (Lipinski definition) is 4. The minimum atomic E-state index is -0.649. The van der Waals surface area contributed by atoms with Crippen LogP contribution in [-0.2, 0) is 4.79 Å². The summed E-state index contributed by atoms with van der Waals surface area (Å²) >= 11 is 0. The maximum atomic E-state index is 11.9. The van der Waals surface area contributed by atoms with E-state index in [0.29, 0.717) is 0 Å². The number of fused-ring (bicyclic) bond motifs is 1. The molecule has 0 radical (unpaired) electrons. The first-order valence-corrected chi connectivity index (χ1v) is 6.16. The largest absolute Gasteiger partial charge is 0.382 e. The number of nitrogens with one attached hydrogen (secondary N) is 1. The van der Waals surface area contributed by atoms with E-state index in [2.05, 4.69) is 15.6 Å². The first-order valence-electron chi connectivity index (χ1n) is 6.16. The lowest BCUT2D eigenvalue weighted by atomic mass is 10.1. The van der Waals surface area contributed by atoms with E-state index in [1.807, 2.05) is 45.0 Å². The molecule has 6 nitrogen and oxygen atoms in total. The summed E-state index contributed by atoms with van der Waals surface area (Å²) in [5.41, 5.74) is 1.17. The van der Waals surface area contributed by atoms with Crippen molar-refractivity contribution < 1.29 is 9.63 Å². The zero-order valence-electron chi connectivity index (χ0n) is 11.5. The molecule has 1 aromatic heterocycles. The number of nitrogens with zero attached hydrogens (tertiary/aromatic N) is 3. The van der Waals surface area contributed by atoms with Gasteiger partial charge in [0.05, 0.1) is 0 Å². The van der Waals surface area contributed by atoms with Crippen molar-refractivity contribution in [3.63, 3.8) is 0 Å². The number of carbonyl (C=O) groups is 1. The first-order chi connectivity index (χ1) is 8.87. The lowest BCUT2D eigenvalue weighted by Crippen LogP contribution is -2.48. The third-order valence-electron chi connectivity index (χ3n) is 2.45. The molecule has 1 amide bonds. The molecule has 0 aliphatic rings. The number of carbonyl (C=O) groups excluding carboxylic acids is 1. The number of hydrogen-bond donors (Lipinski definition) is 1. The van der Waals surface area contributed by atoms with E-state index in [9.17, 15) is 4.79 Å². The molecule has 2 aromatic rings. The summed E-state index contributed by atoms with van der Waals surface area (Å²) in [5, 5.41) is 10.7. The summed E-state index contributed by atoms with van der Waals surface area (Å²) < 4.78 is 0. The van der Waals surface area contributed by atoms with Crippen LogP contribution in [0.5, 0.6) is 0 Å². The number of rotatable bonds is 3. The summed E-state index contributed by atoms with van der Waals surface area (Å²) in [7, 11) is 0. The van der Waals surface area contributed by atoms with Crippen molar-refractivity contribution in [2.45, 2.75) is 39.3 Å². The van der Waals surface area contributed by atoms with Crippen molar-refractivity contribution in [2.75, 3.05) is 0 Å². The average molecular weight is 262 g/mol. The van der Waals surface area contributed by atoms with Crippen molar-refractivity contribution >= 4 is 16.9 Å². The third kappa shape index (κ3) is 3.21. The highest BCUT2D eigenvalue weighted by molar-refractivity contribution is 5.81. The van der Waals surface area contributed by atoms with E-state index in [1.54, 1.807) is 6.92 Å². The van der Waals surface area contributed by atoms with Crippen molar-refractivity contribution in [1.29, 1.82) is 0 Å². The van der Waals surface area contributed by atoms with Crippen molar-refractivity contribution in [2.24, 2.45) is 0 Å². The second kappa shape index (κ2) is 4.87. The average Bonchev–Trinajstić information content (AvgIpc) is 2.70. The molecular weight excluding hydrogens is 244 g/mol. The predicted molar refractivity (Wildman–Crippen MR) is 71.5 cm³/mol. The van der Waals surface area contributed by atoms with Crippen LogP contribution < -0.4 is 10.2 Å². The zero-order chi connectivity index (χ0) is 14.0. The molecule has 19 heavy (non-hydrogen) atoms. The van der Waals surface area contributed by atoms with Crippen molar-refractivity contribution in [3.8, 4) is 0 Å². The monoisotopic (exact) mass is 262 g/mol. The van der Waals surface area contributed by atoms with Crippen LogP contribution in [0.15, 0.2) is 24.3 Å². The molecule has 1 aromatic carbocycles. The van der Waals surface area contributed by atoms with Gasteiger partial charge in [-0.3, -0.25) is 4.79 Å². The van der Waals surface area contributed by atoms with Crippen LogP contribution in [0, 0.1) is 0 Å². The van der Waals surface area contributed by atoms with Gasteiger partial charge in [0.25, 0.3) is 5.91 Å². The Hall–Kier alpha value is -2.11. The molecule has 0 aliphatic carbocycles. The van der Waals surface area contributed by atoms with Gasteiger partial charge in [-0.15, -0.1) is 5.10 Å². The highest BCUT2D eigenvalue weighted by Crippen LogP contribution is 2.09.